The zero-order chi connectivity index (χ0) is 14.7. The van der Waals surface area contributed by atoms with Gasteiger partial charge in [-0.2, -0.15) is 0 Å². The highest BCUT2D eigenvalue weighted by Crippen LogP contribution is 2.31. The first-order valence-corrected chi connectivity index (χ1v) is 8.94. The molecule has 1 unspecified atom stereocenters. The van der Waals surface area contributed by atoms with Crippen LogP contribution in [-0.4, -0.2) is 74.4 Å². The van der Waals surface area contributed by atoms with Crippen molar-refractivity contribution >= 4 is 0 Å². The second-order valence-corrected chi connectivity index (χ2v) is 7.72. The summed E-state index contributed by atoms with van der Waals surface area (Å²) < 4.78 is 5.86. The second kappa shape index (κ2) is 6.95. The summed E-state index contributed by atoms with van der Waals surface area (Å²) in [5, 5.41) is 3.77. The lowest BCUT2D eigenvalue weighted by Gasteiger charge is -2.44. The molecule has 2 heterocycles. The van der Waals surface area contributed by atoms with Crippen LogP contribution in [0.15, 0.2) is 0 Å². The largest absolute Gasteiger partial charge is 0.381 e. The predicted molar refractivity (Wildman–Crippen MR) is 86.7 cm³/mol. The Morgan fingerprint density at radius 1 is 1.19 bits per heavy atom. The van der Waals surface area contributed by atoms with Crippen molar-refractivity contribution in [3.8, 4) is 0 Å². The highest BCUT2D eigenvalue weighted by molar-refractivity contribution is 4.92. The van der Waals surface area contributed by atoms with Gasteiger partial charge in [-0.05, 0) is 39.5 Å². The molecule has 21 heavy (non-hydrogen) atoms. The molecule has 4 nitrogen and oxygen atoms in total. The molecule has 4 heteroatoms. The van der Waals surface area contributed by atoms with Crippen LogP contribution in [0.3, 0.4) is 0 Å². The van der Waals surface area contributed by atoms with Crippen LogP contribution in [0.1, 0.15) is 39.5 Å². The van der Waals surface area contributed by atoms with E-state index in [1.54, 1.807) is 0 Å². The second-order valence-electron chi connectivity index (χ2n) is 7.72. The van der Waals surface area contributed by atoms with Crippen molar-refractivity contribution in [1.82, 2.24) is 15.1 Å². The van der Waals surface area contributed by atoms with Gasteiger partial charge in [-0.25, -0.2) is 0 Å². The molecule has 1 saturated carbocycles. The number of piperazine rings is 1. The third kappa shape index (κ3) is 4.41. The fraction of sp³-hybridized carbons (Fsp3) is 1.00. The van der Waals surface area contributed by atoms with E-state index in [1.165, 1.54) is 58.4 Å². The molecule has 3 fully saturated rings. The lowest BCUT2D eigenvalue weighted by atomic mass is 9.81. The number of hydrogen-bond donors (Lipinski definition) is 1. The summed E-state index contributed by atoms with van der Waals surface area (Å²) >= 11 is 0. The summed E-state index contributed by atoms with van der Waals surface area (Å²) in [6, 6.07) is 1.50. The Balaban J connectivity index is 1.51. The van der Waals surface area contributed by atoms with Gasteiger partial charge in [-0.1, -0.05) is 0 Å². The standard InChI is InChI=1S/C17H33N3O/c1-15(2)20-9-7-19(8-10-20)13-17(6-3-11-21-14-17)12-18-16-4-5-16/h15-16,18H,3-14H2,1-2H3. The lowest BCUT2D eigenvalue weighted by Crippen LogP contribution is -2.55. The SMILES string of the molecule is CC(C)N1CCN(CC2(CNC3CC3)CCCOC2)CC1. The minimum atomic E-state index is 0.362. The van der Waals surface area contributed by atoms with E-state index < -0.39 is 0 Å². The Bertz CT molecular complexity index is 316. The van der Waals surface area contributed by atoms with Crippen molar-refractivity contribution in [2.75, 3.05) is 52.5 Å². The van der Waals surface area contributed by atoms with Gasteiger partial charge in [0.1, 0.15) is 0 Å². The summed E-state index contributed by atoms with van der Waals surface area (Å²) in [4.78, 5) is 5.28. The molecule has 2 aliphatic heterocycles. The van der Waals surface area contributed by atoms with Crippen LogP contribution in [0, 0.1) is 5.41 Å². The molecule has 0 aromatic rings. The summed E-state index contributed by atoms with van der Waals surface area (Å²) in [7, 11) is 0. The van der Waals surface area contributed by atoms with Gasteiger partial charge >= 0.3 is 0 Å². The van der Waals surface area contributed by atoms with Crippen LogP contribution in [0.2, 0.25) is 0 Å². The smallest absolute Gasteiger partial charge is 0.0546 e. The van der Waals surface area contributed by atoms with Crippen LogP contribution >= 0.6 is 0 Å². The Morgan fingerprint density at radius 3 is 2.52 bits per heavy atom. The maximum atomic E-state index is 5.86. The van der Waals surface area contributed by atoms with Gasteiger partial charge in [0.15, 0.2) is 0 Å². The van der Waals surface area contributed by atoms with Crippen molar-refractivity contribution in [2.24, 2.45) is 5.41 Å². The predicted octanol–water partition coefficient (Wildman–Crippen LogP) is 1.56. The molecule has 0 aromatic heterocycles. The molecule has 0 radical (unpaired) electrons. The minimum Gasteiger partial charge on any atom is -0.381 e. The molecule has 3 rings (SSSR count). The third-order valence-corrected chi connectivity index (χ3v) is 5.44. The highest BCUT2D eigenvalue weighted by atomic mass is 16.5. The maximum Gasteiger partial charge on any atom is 0.0546 e. The van der Waals surface area contributed by atoms with Crippen LogP contribution < -0.4 is 5.32 Å². The van der Waals surface area contributed by atoms with Gasteiger partial charge in [-0.3, -0.25) is 4.90 Å². The fourth-order valence-electron chi connectivity index (χ4n) is 3.79. The number of hydrogen-bond acceptors (Lipinski definition) is 4. The monoisotopic (exact) mass is 295 g/mol. The molecule has 2 saturated heterocycles. The van der Waals surface area contributed by atoms with Gasteiger partial charge in [0, 0.05) is 63.4 Å². The first kappa shape index (κ1) is 15.7. The topological polar surface area (TPSA) is 27.7 Å². The Labute approximate surface area is 130 Å². The molecule has 0 bridgehead atoms. The number of nitrogens with one attached hydrogen (secondary N) is 1. The third-order valence-electron chi connectivity index (χ3n) is 5.44. The summed E-state index contributed by atoms with van der Waals surface area (Å²) in [5.74, 6) is 0. The average Bonchev–Trinajstić information content (AvgIpc) is 3.31. The van der Waals surface area contributed by atoms with Crippen molar-refractivity contribution in [3.63, 3.8) is 0 Å². The molecule has 3 aliphatic rings. The van der Waals surface area contributed by atoms with Crippen molar-refractivity contribution in [1.29, 1.82) is 0 Å². The maximum absolute atomic E-state index is 5.86. The molecule has 1 aliphatic carbocycles. The van der Waals surface area contributed by atoms with Gasteiger partial charge in [-0.15, -0.1) is 0 Å². The molecule has 0 spiro atoms. The zero-order valence-corrected chi connectivity index (χ0v) is 13.9. The number of ether oxygens (including phenoxy) is 1. The van der Waals surface area contributed by atoms with Crippen molar-refractivity contribution < 1.29 is 4.74 Å². The quantitative estimate of drug-likeness (QED) is 0.805. The fourth-order valence-corrected chi connectivity index (χ4v) is 3.79. The Kier molecular flexibility index (Phi) is 5.20. The zero-order valence-electron chi connectivity index (χ0n) is 13.9. The van der Waals surface area contributed by atoms with E-state index in [9.17, 15) is 0 Å². The van der Waals surface area contributed by atoms with Gasteiger partial charge < -0.3 is 15.0 Å². The molecule has 0 aromatic carbocycles. The molecule has 0 amide bonds. The van der Waals surface area contributed by atoms with Crippen LogP contribution in [0.4, 0.5) is 0 Å². The molecular weight excluding hydrogens is 262 g/mol. The molecular formula is C17H33N3O. The van der Waals surface area contributed by atoms with E-state index in [2.05, 4.69) is 29.0 Å². The van der Waals surface area contributed by atoms with Gasteiger partial charge in [0.25, 0.3) is 0 Å². The van der Waals surface area contributed by atoms with Crippen molar-refractivity contribution in [3.05, 3.63) is 0 Å². The average molecular weight is 295 g/mol. The van der Waals surface area contributed by atoms with E-state index >= 15 is 0 Å². The molecule has 122 valence electrons. The van der Waals surface area contributed by atoms with Gasteiger partial charge in [0.05, 0.1) is 6.61 Å². The first-order chi connectivity index (χ1) is 10.2. The highest BCUT2D eigenvalue weighted by Gasteiger charge is 2.37. The number of rotatable bonds is 6. The number of nitrogens with zero attached hydrogens (tertiary/aromatic N) is 2. The van der Waals surface area contributed by atoms with Crippen LogP contribution in [-0.2, 0) is 4.74 Å². The Morgan fingerprint density at radius 2 is 1.95 bits per heavy atom. The minimum absolute atomic E-state index is 0.362. The van der Waals surface area contributed by atoms with E-state index in [-0.39, 0.29) is 0 Å². The summed E-state index contributed by atoms with van der Waals surface area (Å²) in [6.07, 6.45) is 5.32. The summed E-state index contributed by atoms with van der Waals surface area (Å²) in [6.45, 7) is 13.8. The van der Waals surface area contributed by atoms with E-state index in [0.717, 1.165) is 25.8 Å². The molecule has 1 N–H and O–H groups in total. The normalized spacial score (nSPS) is 32.7. The van der Waals surface area contributed by atoms with Crippen molar-refractivity contribution in [2.45, 2.75) is 51.6 Å². The lowest BCUT2D eigenvalue weighted by molar-refractivity contribution is -0.0343. The van der Waals surface area contributed by atoms with E-state index in [1.807, 2.05) is 0 Å². The van der Waals surface area contributed by atoms with Gasteiger partial charge in [0.2, 0.25) is 0 Å². The van der Waals surface area contributed by atoms with E-state index in [4.69, 9.17) is 4.74 Å². The van der Waals surface area contributed by atoms with Crippen LogP contribution in [0.5, 0.6) is 0 Å². The first-order valence-electron chi connectivity index (χ1n) is 8.94. The van der Waals surface area contributed by atoms with E-state index in [0.29, 0.717) is 11.5 Å². The van der Waals surface area contributed by atoms with Crippen LogP contribution in [0.25, 0.3) is 0 Å². The summed E-state index contributed by atoms with van der Waals surface area (Å²) in [5.41, 5.74) is 0.362. The Hall–Kier alpha value is -0.160. The molecule has 1 atom stereocenters.